The smallest absolute Gasteiger partial charge is 0.331 e. The molecular formula is C24H31NO5S. The fraction of sp³-hybridized carbons (Fsp3) is 0.375. The lowest BCUT2D eigenvalue weighted by molar-refractivity contribution is -0.131. The van der Waals surface area contributed by atoms with Crippen molar-refractivity contribution in [2.24, 2.45) is 5.41 Å². The lowest BCUT2D eigenvalue weighted by Crippen LogP contribution is -2.37. The molecule has 31 heavy (non-hydrogen) atoms. The van der Waals surface area contributed by atoms with Crippen molar-refractivity contribution in [3.05, 3.63) is 60.9 Å². The Kier molecular flexibility index (Phi) is 7.30. The van der Waals surface area contributed by atoms with Gasteiger partial charge in [0.2, 0.25) is 0 Å². The van der Waals surface area contributed by atoms with Crippen LogP contribution < -0.4 is 9.64 Å². The molecule has 0 fully saturated rings. The van der Waals surface area contributed by atoms with Gasteiger partial charge in [-0.25, -0.2) is 4.79 Å². The van der Waals surface area contributed by atoms with Crippen LogP contribution in [0.4, 0.5) is 11.4 Å². The first-order valence-electron chi connectivity index (χ1n) is 10.6. The summed E-state index contributed by atoms with van der Waals surface area (Å²) in [7, 11) is -3.10. The van der Waals surface area contributed by atoms with E-state index in [9.17, 15) is 13.9 Å². The first-order chi connectivity index (χ1) is 14.8. The zero-order valence-corrected chi connectivity index (χ0v) is 18.8. The van der Waals surface area contributed by atoms with Crippen LogP contribution >= 0.6 is 10.6 Å². The Morgan fingerprint density at radius 2 is 1.94 bits per heavy atom. The van der Waals surface area contributed by atoms with Gasteiger partial charge in [0.15, 0.2) is 0 Å². The van der Waals surface area contributed by atoms with Crippen molar-refractivity contribution in [1.82, 2.24) is 0 Å². The summed E-state index contributed by atoms with van der Waals surface area (Å²) in [4.78, 5) is 13.3. The quantitative estimate of drug-likeness (QED) is 0.317. The Labute approximate surface area is 185 Å². The number of carboxylic acid groups (broad SMARTS) is 1. The average Bonchev–Trinajstić information content (AvgIpc) is 2.85. The van der Waals surface area contributed by atoms with Crippen LogP contribution in [0.1, 0.15) is 39.5 Å². The second-order valence-electron chi connectivity index (χ2n) is 8.08. The summed E-state index contributed by atoms with van der Waals surface area (Å²) in [6.07, 6.45) is 5.80. The first kappa shape index (κ1) is 23.2. The summed E-state index contributed by atoms with van der Waals surface area (Å²) >= 11 is 0. The largest absolute Gasteiger partial charge is 0.478 e. The number of carbonyl (C=O) groups is 1. The number of para-hydroxylation sites is 1. The van der Waals surface area contributed by atoms with E-state index >= 15 is 0 Å². The van der Waals surface area contributed by atoms with Crippen molar-refractivity contribution in [3.63, 3.8) is 0 Å². The highest BCUT2D eigenvalue weighted by Crippen LogP contribution is 2.61. The number of unbranched alkanes of at least 4 members (excludes halogenated alkanes) is 1. The van der Waals surface area contributed by atoms with Gasteiger partial charge < -0.3 is 14.7 Å². The number of aliphatic carboxylic acids is 1. The number of anilines is 2. The summed E-state index contributed by atoms with van der Waals surface area (Å²) in [6, 6.07) is 15.2. The van der Waals surface area contributed by atoms with Crippen molar-refractivity contribution in [3.8, 4) is 5.75 Å². The van der Waals surface area contributed by atoms with Crippen LogP contribution in [-0.2, 0) is 4.79 Å². The number of hydrogen-bond acceptors (Lipinski definition) is 5. The van der Waals surface area contributed by atoms with Crippen molar-refractivity contribution < 1.29 is 23.7 Å². The molecule has 168 valence electrons. The Bertz CT molecular complexity index is 931. The summed E-state index contributed by atoms with van der Waals surface area (Å²) < 4.78 is 28.1. The van der Waals surface area contributed by atoms with Crippen LogP contribution in [0, 0.1) is 5.41 Å². The van der Waals surface area contributed by atoms with Crippen molar-refractivity contribution >= 4 is 27.9 Å². The Morgan fingerprint density at radius 1 is 1.19 bits per heavy atom. The number of ether oxygens (including phenoxy) is 1. The van der Waals surface area contributed by atoms with E-state index in [0.717, 1.165) is 49.4 Å². The van der Waals surface area contributed by atoms with Gasteiger partial charge in [-0.05, 0) is 37.1 Å². The topological polar surface area (TPSA) is 90.2 Å². The van der Waals surface area contributed by atoms with Gasteiger partial charge in [0.1, 0.15) is 5.75 Å². The number of fused-ring (bicyclic) bond motifs is 1. The summed E-state index contributed by atoms with van der Waals surface area (Å²) in [5.74, 6) is -0.457. The van der Waals surface area contributed by atoms with E-state index in [4.69, 9.17) is 9.84 Å². The maximum Gasteiger partial charge on any atom is 0.331 e. The third-order valence-electron chi connectivity index (χ3n) is 5.87. The van der Waals surface area contributed by atoms with E-state index < -0.39 is 16.6 Å². The van der Waals surface area contributed by atoms with E-state index in [1.807, 2.05) is 36.4 Å². The minimum atomic E-state index is -3.10. The minimum absolute atomic E-state index is 0.242. The van der Waals surface area contributed by atoms with Gasteiger partial charge in [-0.15, -0.1) is 0 Å². The molecule has 7 heteroatoms. The standard InChI is InChI=1S/C24H31NO5S/c1-3-5-14-24(4-2)17-25(19-9-7-6-8-10-19)21-12-11-20(30-15-13-23(26)27)16-22(21)31(28,29)18-24/h6-13,15-16,28-29H,3-5,14,17-18H2,1-2H3,(H,26,27). The van der Waals surface area contributed by atoms with Gasteiger partial charge in [0.25, 0.3) is 0 Å². The molecule has 3 rings (SSSR count). The molecule has 0 amide bonds. The number of carboxylic acids is 1. The van der Waals surface area contributed by atoms with Crippen molar-refractivity contribution in [2.75, 3.05) is 17.2 Å². The summed E-state index contributed by atoms with van der Waals surface area (Å²) in [5.41, 5.74) is 1.50. The summed E-state index contributed by atoms with van der Waals surface area (Å²) in [6.45, 7) is 4.96. The first-order valence-corrected chi connectivity index (χ1v) is 12.3. The zero-order valence-electron chi connectivity index (χ0n) is 18.0. The third-order valence-corrected chi connectivity index (χ3v) is 7.91. The lowest BCUT2D eigenvalue weighted by Gasteiger charge is -2.41. The highest BCUT2D eigenvalue weighted by Gasteiger charge is 2.41. The Hall–Kier alpha value is -2.48. The monoisotopic (exact) mass is 445 g/mol. The molecule has 0 spiro atoms. The Balaban J connectivity index is 2.10. The van der Waals surface area contributed by atoms with Crippen LogP contribution in [0.2, 0.25) is 0 Å². The molecule has 0 saturated heterocycles. The normalized spacial score (nSPS) is 21.4. The molecule has 1 atom stereocenters. The molecule has 1 aliphatic rings. The van der Waals surface area contributed by atoms with Gasteiger partial charge in [0.05, 0.1) is 22.9 Å². The lowest BCUT2D eigenvalue weighted by atomic mass is 9.81. The van der Waals surface area contributed by atoms with E-state index in [2.05, 4.69) is 18.7 Å². The molecular weight excluding hydrogens is 414 g/mol. The van der Waals surface area contributed by atoms with E-state index in [-0.39, 0.29) is 5.41 Å². The number of benzene rings is 2. The molecule has 2 aromatic carbocycles. The predicted molar refractivity (Wildman–Crippen MR) is 126 cm³/mol. The molecule has 1 aliphatic heterocycles. The van der Waals surface area contributed by atoms with E-state index in [0.29, 0.717) is 22.9 Å². The van der Waals surface area contributed by atoms with Gasteiger partial charge >= 0.3 is 5.97 Å². The van der Waals surface area contributed by atoms with Crippen molar-refractivity contribution in [1.29, 1.82) is 0 Å². The van der Waals surface area contributed by atoms with Gasteiger partial charge in [-0.1, -0.05) is 44.9 Å². The zero-order chi connectivity index (χ0) is 22.5. The maximum atomic E-state index is 11.3. The molecule has 0 bridgehead atoms. The second-order valence-corrected chi connectivity index (χ2v) is 10.1. The molecule has 0 saturated carbocycles. The van der Waals surface area contributed by atoms with Crippen LogP contribution in [-0.4, -0.2) is 32.5 Å². The summed E-state index contributed by atoms with van der Waals surface area (Å²) in [5, 5.41) is 8.77. The molecule has 1 heterocycles. The van der Waals surface area contributed by atoms with Crippen molar-refractivity contribution in [2.45, 2.75) is 44.4 Å². The average molecular weight is 446 g/mol. The van der Waals surface area contributed by atoms with Crippen LogP contribution in [0.5, 0.6) is 5.75 Å². The highest BCUT2D eigenvalue weighted by atomic mass is 32.3. The third kappa shape index (κ3) is 5.42. The van der Waals surface area contributed by atoms with Gasteiger partial charge in [-0.2, -0.15) is 10.6 Å². The minimum Gasteiger partial charge on any atom is -0.478 e. The molecule has 6 nitrogen and oxygen atoms in total. The molecule has 0 radical (unpaired) electrons. The molecule has 0 aromatic heterocycles. The highest BCUT2D eigenvalue weighted by molar-refractivity contribution is 8.24. The number of hydrogen-bond donors (Lipinski definition) is 3. The van der Waals surface area contributed by atoms with Gasteiger partial charge in [-0.3, -0.25) is 9.11 Å². The fourth-order valence-electron chi connectivity index (χ4n) is 4.13. The number of nitrogens with zero attached hydrogens (tertiary/aromatic N) is 1. The number of rotatable bonds is 8. The molecule has 1 unspecified atom stereocenters. The maximum absolute atomic E-state index is 11.3. The molecule has 0 aliphatic carbocycles. The Morgan fingerprint density at radius 3 is 2.58 bits per heavy atom. The van der Waals surface area contributed by atoms with Crippen LogP contribution in [0.15, 0.2) is 65.8 Å². The fourth-order valence-corrected chi connectivity index (χ4v) is 6.39. The van der Waals surface area contributed by atoms with E-state index in [1.165, 1.54) is 0 Å². The van der Waals surface area contributed by atoms with E-state index in [1.54, 1.807) is 12.1 Å². The second kappa shape index (κ2) is 9.77. The SMILES string of the molecule is CCCCC1(CC)CN(c2ccccc2)c2ccc(OC=CC(=O)O)cc2S(O)(O)C1. The predicted octanol–water partition coefficient (Wildman–Crippen LogP) is 6.51. The van der Waals surface area contributed by atoms with Crippen LogP contribution in [0.25, 0.3) is 0 Å². The van der Waals surface area contributed by atoms with Gasteiger partial charge in [0, 0.05) is 29.5 Å². The van der Waals surface area contributed by atoms with Crippen LogP contribution in [0.3, 0.4) is 0 Å². The molecule has 2 aromatic rings. The molecule has 3 N–H and O–H groups in total.